The summed E-state index contributed by atoms with van der Waals surface area (Å²) in [7, 11) is 0. The lowest BCUT2D eigenvalue weighted by molar-refractivity contribution is 0.159. The van der Waals surface area contributed by atoms with E-state index in [1.807, 2.05) is 6.07 Å². The highest BCUT2D eigenvalue weighted by Gasteiger charge is 2.50. The third kappa shape index (κ3) is 1.83. The highest BCUT2D eigenvalue weighted by atomic mass is 15.4. The summed E-state index contributed by atoms with van der Waals surface area (Å²) in [6.45, 7) is 5.58. The smallest absolute Gasteiger partial charge is 0.196 e. The number of aliphatic imine (C=N–C) groups is 1. The normalized spacial score (nSPS) is 34.6. The van der Waals surface area contributed by atoms with Gasteiger partial charge in [-0.2, -0.15) is 0 Å². The molecule has 1 aromatic rings. The summed E-state index contributed by atoms with van der Waals surface area (Å²) in [6.07, 6.45) is 3.79. The van der Waals surface area contributed by atoms with Crippen LogP contribution in [-0.2, 0) is 0 Å². The van der Waals surface area contributed by atoms with Gasteiger partial charge in [-0.25, -0.2) is 0 Å². The summed E-state index contributed by atoms with van der Waals surface area (Å²) in [6, 6.07) is 10.5. The van der Waals surface area contributed by atoms with Gasteiger partial charge in [0.2, 0.25) is 0 Å². The van der Waals surface area contributed by atoms with Crippen LogP contribution in [0, 0.1) is 11.8 Å². The van der Waals surface area contributed by atoms with Crippen LogP contribution in [0.25, 0.3) is 0 Å². The quantitative estimate of drug-likeness (QED) is 0.840. The molecular weight excluding hydrogens is 234 g/mol. The van der Waals surface area contributed by atoms with Crippen LogP contribution in [-0.4, -0.2) is 18.0 Å². The van der Waals surface area contributed by atoms with E-state index in [1.165, 1.54) is 24.9 Å². The van der Waals surface area contributed by atoms with Crippen molar-refractivity contribution >= 4 is 11.6 Å². The van der Waals surface area contributed by atoms with Crippen LogP contribution in [0.4, 0.5) is 5.69 Å². The molecule has 3 nitrogen and oxygen atoms in total. The Morgan fingerprint density at radius 2 is 2.00 bits per heavy atom. The van der Waals surface area contributed by atoms with Gasteiger partial charge in [0, 0.05) is 5.69 Å². The number of guanidine groups is 1. The Kier molecular flexibility index (Phi) is 3.00. The number of benzene rings is 1. The number of hydrogen-bond donors (Lipinski definition) is 1. The van der Waals surface area contributed by atoms with Crippen LogP contribution in [0.3, 0.4) is 0 Å². The number of rotatable bonds is 1. The van der Waals surface area contributed by atoms with Crippen molar-refractivity contribution in [2.45, 2.75) is 38.6 Å². The molecule has 2 aliphatic rings. The maximum absolute atomic E-state index is 6.20. The van der Waals surface area contributed by atoms with Gasteiger partial charge in [-0.1, -0.05) is 44.9 Å². The van der Waals surface area contributed by atoms with E-state index < -0.39 is 0 Å². The molecule has 3 atom stereocenters. The summed E-state index contributed by atoms with van der Waals surface area (Å²) in [5, 5.41) is 0. The van der Waals surface area contributed by atoms with Gasteiger partial charge >= 0.3 is 0 Å². The largest absolute Gasteiger partial charge is 0.369 e. The first-order valence-corrected chi connectivity index (χ1v) is 7.30. The first-order valence-electron chi connectivity index (χ1n) is 7.30. The van der Waals surface area contributed by atoms with Crippen molar-refractivity contribution in [3.05, 3.63) is 30.3 Å². The lowest BCUT2D eigenvalue weighted by Crippen LogP contribution is -2.58. The zero-order valence-corrected chi connectivity index (χ0v) is 11.8. The fourth-order valence-corrected chi connectivity index (χ4v) is 3.83. The maximum Gasteiger partial charge on any atom is 0.196 e. The van der Waals surface area contributed by atoms with Crippen LogP contribution in [0.5, 0.6) is 0 Å². The molecule has 19 heavy (non-hydrogen) atoms. The predicted octanol–water partition coefficient (Wildman–Crippen LogP) is 3.02. The lowest BCUT2D eigenvalue weighted by Gasteiger charge is -2.49. The zero-order valence-electron chi connectivity index (χ0n) is 11.8. The van der Waals surface area contributed by atoms with E-state index in [9.17, 15) is 0 Å². The fraction of sp³-hybridized carbons (Fsp3) is 0.562. The number of hydrogen-bond acceptors (Lipinski definition) is 3. The van der Waals surface area contributed by atoms with Gasteiger partial charge in [0.1, 0.15) is 0 Å². The Balaban J connectivity index is 2.02. The minimum absolute atomic E-state index is 0.100. The topological polar surface area (TPSA) is 41.6 Å². The van der Waals surface area contributed by atoms with E-state index in [-0.39, 0.29) is 5.54 Å². The van der Waals surface area contributed by atoms with E-state index in [4.69, 9.17) is 5.73 Å². The second-order valence-electron chi connectivity index (χ2n) is 6.11. The predicted molar refractivity (Wildman–Crippen MR) is 80.3 cm³/mol. The number of anilines is 1. The highest BCUT2D eigenvalue weighted by Crippen LogP contribution is 2.45. The third-order valence-corrected chi connectivity index (χ3v) is 5.17. The minimum Gasteiger partial charge on any atom is -0.369 e. The molecule has 1 saturated carbocycles. The number of nitrogens with zero attached hydrogens (tertiary/aromatic N) is 2. The summed E-state index contributed by atoms with van der Waals surface area (Å²) < 4.78 is 0. The SMILES string of the molecule is CC1CCCC2(CN=C(N)N2c2ccccc2)C1C. The Bertz CT molecular complexity index is 482. The molecule has 1 spiro atoms. The molecular formula is C16H23N3. The van der Waals surface area contributed by atoms with Crippen molar-refractivity contribution in [3.63, 3.8) is 0 Å². The zero-order chi connectivity index (χ0) is 13.5. The van der Waals surface area contributed by atoms with Crippen molar-refractivity contribution in [2.75, 3.05) is 11.4 Å². The summed E-state index contributed by atoms with van der Waals surface area (Å²) in [4.78, 5) is 6.88. The van der Waals surface area contributed by atoms with E-state index in [1.54, 1.807) is 0 Å². The van der Waals surface area contributed by atoms with Crippen LogP contribution in [0.15, 0.2) is 35.3 Å². The van der Waals surface area contributed by atoms with Crippen molar-refractivity contribution in [3.8, 4) is 0 Å². The van der Waals surface area contributed by atoms with Crippen LogP contribution < -0.4 is 10.6 Å². The molecule has 3 heteroatoms. The summed E-state index contributed by atoms with van der Waals surface area (Å²) in [5.74, 6) is 2.04. The molecule has 1 aliphatic heterocycles. The second-order valence-corrected chi connectivity index (χ2v) is 6.11. The summed E-state index contributed by atoms with van der Waals surface area (Å²) >= 11 is 0. The molecule has 2 N–H and O–H groups in total. The molecule has 102 valence electrons. The van der Waals surface area contributed by atoms with E-state index in [2.05, 4.69) is 48.0 Å². The first kappa shape index (κ1) is 12.5. The molecule has 1 aromatic carbocycles. The van der Waals surface area contributed by atoms with Gasteiger partial charge in [0.25, 0.3) is 0 Å². The highest BCUT2D eigenvalue weighted by molar-refractivity contribution is 5.98. The number of para-hydroxylation sites is 1. The Morgan fingerprint density at radius 3 is 2.74 bits per heavy atom. The molecule has 3 unspecified atom stereocenters. The van der Waals surface area contributed by atoms with Gasteiger partial charge in [0.05, 0.1) is 12.1 Å². The van der Waals surface area contributed by atoms with Gasteiger partial charge in [0.15, 0.2) is 5.96 Å². The lowest BCUT2D eigenvalue weighted by atomic mass is 9.67. The van der Waals surface area contributed by atoms with Gasteiger partial charge in [-0.15, -0.1) is 0 Å². The Labute approximate surface area is 115 Å². The van der Waals surface area contributed by atoms with Crippen LogP contribution in [0.2, 0.25) is 0 Å². The van der Waals surface area contributed by atoms with Crippen LogP contribution >= 0.6 is 0 Å². The van der Waals surface area contributed by atoms with Crippen molar-refractivity contribution < 1.29 is 0 Å². The minimum atomic E-state index is 0.100. The second kappa shape index (κ2) is 4.55. The third-order valence-electron chi connectivity index (χ3n) is 5.17. The monoisotopic (exact) mass is 257 g/mol. The molecule has 1 aliphatic carbocycles. The molecule has 1 fully saturated rings. The summed E-state index contributed by atoms with van der Waals surface area (Å²) in [5.41, 5.74) is 7.48. The van der Waals surface area contributed by atoms with Crippen molar-refractivity contribution in [1.29, 1.82) is 0 Å². The molecule has 0 saturated heterocycles. The fourth-order valence-electron chi connectivity index (χ4n) is 3.83. The van der Waals surface area contributed by atoms with E-state index in [0.717, 1.165) is 12.5 Å². The average molecular weight is 257 g/mol. The molecule has 0 amide bonds. The average Bonchev–Trinajstić information content (AvgIpc) is 2.75. The molecule has 0 aromatic heterocycles. The van der Waals surface area contributed by atoms with Crippen LogP contribution in [0.1, 0.15) is 33.1 Å². The molecule has 0 radical (unpaired) electrons. The van der Waals surface area contributed by atoms with Gasteiger partial charge in [-0.3, -0.25) is 4.99 Å². The number of nitrogens with two attached hydrogens (primary N) is 1. The van der Waals surface area contributed by atoms with Gasteiger partial charge < -0.3 is 10.6 Å². The van der Waals surface area contributed by atoms with E-state index >= 15 is 0 Å². The van der Waals surface area contributed by atoms with E-state index in [0.29, 0.717) is 11.9 Å². The first-order chi connectivity index (χ1) is 9.15. The standard InChI is InChI=1S/C16H23N3/c1-12-7-6-10-16(13(12)2)11-18-15(17)19(16)14-8-4-3-5-9-14/h3-5,8-9,12-13H,6-7,10-11H2,1-2H3,(H2,17,18). The molecule has 1 heterocycles. The molecule has 0 bridgehead atoms. The van der Waals surface area contributed by atoms with Crippen molar-refractivity contribution in [2.24, 2.45) is 22.6 Å². The Hall–Kier alpha value is -1.51. The Morgan fingerprint density at radius 1 is 1.26 bits per heavy atom. The molecule has 3 rings (SSSR count). The van der Waals surface area contributed by atoms with Crippen molar-refractivity contribution in [1.82, 2.24) is 0 Å². The van der Waals surface area contributed by atoms with Gasteiger partial charge in [-0.05, 0) is 30.4 Å². The maximum atomic E-state index is 6.20.